The van der Waals surface area contributed by atoms with Crippen LogP contribution in [-0.2, 0) is 22.4 Å². The highest BCUT2D eigenvalue weighted by atomic mass is 32.2. The number of hydrogen-bond donors (Lipinski definition) is 2. The van der Waals surface area contributed by atoms with Crippen LogP contribution in [0.3, 0.4) is 0 Å². The second kappa shape index (κ2) is 10.2. The molecule has 5 heteroatoms. The fourth-order valence-electron chi connectivity index (χ4n) is 2.82. The van der Waals surface area contributed by atoms with E-state index in [1.165, 1.54) is 11.8 Å². The van der Waals surface area contributed by atoms with Crippen LogP contribution in [0.25, 0.3) is 0 Å². The molecule has 0 unspecified atom stereocenters. The molecule has 0 bridgehead atoms. The van der Waals surface area contributed by atoms with Crippen molar-refractivity contribution in [2.75, 3.05) is 16.4 Å². The molecule has 0 aliphatic rings. The molecule has 27 heavy (non-hydrogen) atoms. The van der Waals surface area contributed by atoms with E-state index in [1.807, 2.05) is 56.3 Å². The van der Waals surface area contributed by atoms with Gasteiger partial charge in [-0.1, -0.05) is 44.2 Å². The number of nitrogens with one attached hydrogen (secondary N) is 2. The van der Waals surface area contributed by atoms with Gasteiger partial charge in [0, 0.05) is 11.4 Å². The van der Waals surface area contributed by atoms with Gasteiger partial charge in [-0.3, -0.25) is 9.59 Å². The first-order valence-electron chi connectivity index (χ1n) is 9.34. The van der Waals surface area contributed by atoms with Crippen LogP contribution in [0.5, 0.6) is 0 Å². The third kappa shape index (κ3) is 6.14. The zero-order chi connectivity index (χ0) is 19.8. The minimum absolute atomic E-state index is 0.0704. The summed E-state index contributed by atoms with van der Waals surface area (Å²) in [6.07, 6.45) is 1.73. The highest BCUT2D eigenvalue weighted by molar-refractivity contribution is 8.01. The van der Waals surface area contributed by atoms with Crippen molar-refractivity contribution >= 4 is 35.0 Å². The van der Waals surface area contributed by atoms with Crippen LogP contribution in [0.2, 0.25) is 0 Å². The van der Waals surface area contributed by atoms with Crippen LogP contribution in [0.1, 0.15) is 37.5 Å². The zero-order valence-corrected chi connectivity index (χ0v) is 17.3. The Bertz CT molecular complexity index is 782. The molecule has 0 radical (unpaired) electrons. The van der Waals surface area contributed by atoms with E-state index in [-0.39, 0.29) is 22.8 Å². The van der Waals surface area contributed by atoms with Gasteiger partial charge in [-0.05, 0) is 55.5 Å². The number of thioether (sulfide) groups is 1. The van der Waals surface area contributed by atoms with Crippen molar-refractivity contribution in [1.29, 1.82) is 0 Å². The number of hydrogen-bond acceptors (Lipinski definition) is 3. The summed E-state index contributed by atoms with van der Waals surface area (Å²) in [7, 11) is 0. The molecule has 2 aromatic rings. The van der Waals surface area contributed by atoms with E-state index in [0.717, 1.165) is 40.9 Å². The van der Waals surface area contributed by atoms with E-state index in [1.54, 1.807) is 0 Å². The molecule has 4 nitrogen and oxygen atoms in total. The second-order valence-corrected chi connectivity index (χ2v) is 7.85. The Morgan fingerprint density at radius 3 is 2.22 bits per heavy atom. The van der Waals surface area contributed by atoms with Gasteiger partial charge in [0.1, 0.15) is 0 Å². The third-order valence-electron chi connectivity index (χ3n) is 4.38. The Hall–Kier alpha value is -2.27. The molecule has 0 aliphatic heterocycles. The van der Waals surface area contributed by atoms with Crippen LogP contribution < -0.4 is 10.6 Å². The van der Waals surface area contributed by atoms with Gasteiger partial charge >= 0.3 is 0 Å². The first kappa shape index (κ1) is 21.0. The van der Waals surface area contributed by atoms with Crippen LogP contribution in [0.15, 0.2) is 42.5 Å². The van der Waals surface area contributed by atoms with Gasteiger partial charge in [0.05, 0.1) is 11.0 Å². The van der Waals surface area contributed by atoms with E-state index >= 15 is 0 Å². The summed E-state index contributed by atoms with van der Waals surface area (Å²) in [6.45, 7) is 7.98. The summed E-state index contributed by atoms with van der Waals surface area (Å²) in [5.41, 5.74) is 5.06. The quantitative estimate of drug-likeness (QED) is 0.686. The number of rotatable bonds is 8. The van der Waals surface area contributed by atoms with Crippen LogP contribution in [-0.4, -0.2) is 22.8 Å². The third-order valence-corrected chi connectivity index (χ3v) is 5.53. The Kier molecular flexibility index (Phi) is 7.92. The van der Waals surface area contributed by atoms with Crippen LogP contribution in [0.4, 0.5) is 11.4 Å². The molecule has 2 aromatic carbocycles. The maximum absolute atomic E-state index is 12.6. The fraction of sp³-hybridized carbons (Fsp3) is 0.364. The minimum Gasteiger partial charge on any atom is -0.325 e. The molecular weight excluding hydrogens is 356 g/mol. The topological polar surface area (TPSA) is 58.2 Å². The lowest BCUT2D eigenvalue weighted by atomic mass is 10.0. The molecular formula is C22H28N2O2S. The Labute approximate surface area is 166 Å². The van der Waals surface area contributed by atoms with Gasteiger partial charge in [0.25, 0.3) is 0 Å². The van der Waals surface area contributed by atoms with E-state index in [0.29, 0.717) is 0 Å². The predicted molar refractivity (Wildman–Crippen MR) is 116 cm³/mol. The van der Waals surface area contributed by atoms with E-state index in [2.05, 4.69) is 24.5 Å². The van der Waals surface area contributed by atoms with Gasteiger partial charge in [-0.15, -0.1) is 11.8 Å². The van der Waals surface area contributed by atoms with Gasteiger partial charge in [-0.25, -0.2) is 0 Å². The number of carbonyl (C=O) groups is 2. The normalized spacial score (nSPS) is 11.7. The lowest BCUT2D eigenvalue weighted by molar-refractivity contribution is -0.115. The molecule has 0 spiro atoms. The summed E-state index contributed by atoms with van der Waals surface area (Å²) < 4.78 is 0. The number of carbonyl (C=O) groups excluding carboxylic acids is 2. The molecule has 2 rings (SSSR count). The molecule has 0 saturated carbocycles. The molecule has 0 fully saturated rings. The Morgan fingerprint density at radius 2 is 1.63 bits per heavy atom. The van der Waals surface area contributed by atoms with Crippen molar-refractivity contribution in [3.05, 3.63) is 59.2 Å². The fourth-order valence-corrected chi connectivity index (χ4v) is 3.51. The monoisotopic (exact) mass is 384 g/mol. The smallest absolute Gasteiger partial charge is 0.237 e. The highest BCUT2D eigenvalue weighted by Gasteiger charge is 2.18. The average molecular weight is 385 g/mol. The molecule has 2 amide bonds. The van der Waals surface area contributed by atoms with E-state index < -0.39 is 0 Å². The maximum Gasteiger partial charge on any atom is 0.237 e. The SMILES string of the molecule is CCc1cccc(CC)c1NC(=O)[C@H](C)SCC(=O)Nc1cccc(C)c1. The molecule has 1 atom stereocenters. The van der Waals surface area contributed by atoms with E-state index in [9.17, 15) is 9.59 Å². The van der Waals surface area contributed by atoms with Crippen molar-refractivity contribution in [1.82, 2.24) is 0 Å². The van der Waals surface area contributed by atoms with Gasteiger partial charge in [0.15, 0.2) is 0 Å². The molecule has 0 aliphatic carbocycles. The maximum atomic E-state index is 12.6. The highest BCUT2D eigenvalue weighted by Crippen LogP contribution is 2.24. The summed E-state index contributed by atoms with van der Waals surface area (Å²) in [6, 6.07) is 13.8. The standard InChI is InChI=1S/C22H28N2O2S/c1-5-17-10-8-11-18(6-2)21(17)24-22(26)16(4)27-14-20(25)23-19-12-7-9-15(3)13-19/h7-13,16H,5-6,14H2,1-4H3,(H,23,25)(H,24,26)/t16-/m0/s1. The minimum atomic E-state index is -0.317. The van der Waals surface area contributed by atoms with Gasteiger partial charge in [-0.2, -0.15) is 0 Å². The summed E-state index contributed by atoms with van der Waals surface area (Å²) in [4.78, 5) is 24.7. The number of anilines is 2. The van der Waals surface area contributed by atoms with Crippen molar-refractivity contribution in [3.8, 4) is 0 Å². The largest absolute Gasteiger partial charge is 0.325 e. The van der Waals surface area contributed by atoms with Crippen molar-refractivity contribution in [2.45, 2.75) is 45.8 Å². The van der Waals surface area contributed by atoms with Crippen molar-refractivity contribution in [3.63, 3.8) is 0 Å². The molecule has 144 valence electrons. The van der Waals surface area contributed by atoms with E-state index in [4.69, 9.17) is 0 Å². The number of para-hydroxylation sites is 1. The van der Waals surface area contributed by atoms with Gasteiger partial charge < -0.3 is 10.6 Å². The molecule has 0 aromatic heterocycles. The second-order valence-electron chi connectivity index (χ2n) is 6.52. The number of aryl methyl sites for hydroxylation is 3. The first-order chi connectivity index (χ1) is 12.9. The zero-order valence-electron chi connectivity index (χ0n) is 16.5. The lowest BCUT2D eigenvalue weighted by Crippen LogP contribution is -2.26. The van der Waals surface area contributed by atoms with Crippen LogP contribution in [0, 0.1) is 6.92 Å². The Morgan fingerprint density at radius 1 is 1.00 bits per heavy atom. The molecule has 0 heterocycles. The predicted octanol–water partition coefficient (Wildman–Crippen LogP) is 4.82. The summed E-state index contributed by atoms with van der Waals surface area (Å²) in [5, 5.41) is 5.63. The Balaban J connectivity index is 1.91. The van der Waals surface area contributed by atoms with Crippen molar-refractivity contribution < 1.29 is 9.59 Å². The average Bonchev–Trinajstić information content (AvgIpc) is 2.66. The lowest BCUT2D eigenvalue weighted by Gasteiger charge is -2.17. The summed E-state index contributed by atoms with van der Waals surface area (Å²) >= 11 is 1.34. The molecule has 2 N–H and O–H groups in total. The first-order valence-corrected chi connectivity index (χ1v) is 10.4. The summed E-state index contributed by atoms with van der Waals surface area (Å²) in [5.74, 6) is 0.0610. The van der Waals surface area contributed by atoms with Crippen LogP contribution >= 0.6 is 11.8 Å². The number of benzene rings is 2. The molecule has 0 saturated heterocycles. The van der Waals surface area contributed by atoms with Gasteiger partial charge in [0.2, 0.25) is 11.8 Å². The van der Waals surface area contributed by atoms with Crippen molar-refractivity contribution in [2.24, 2.45) is 0 Å². The number of amides is 2.